The van der Waals surface area contributed by atoms with Crippen molar-refractivity contribution < 1.29 is 4.79 Å². The van der Waals surface area contributed by atoms with Crippen molar-refractivity contribution in [3.8, 4) is 0 Å². The van der Waals surface area contributed by atoms with Gasteiger partial charge in [-0.3, -0.25) is 9.69 Å². The van der Waals surface area contributed by atoms with Gasteiger partial charge in [0.2, 0.25) is 5.91 Å². The van der Waals surface area contributed by atoms with E-state index in [-0.39, 0.29) is 5.91 Å². The number of rotatable bonds is 4. The maximum Gasteiger partial charge on any atom is 0.223 e. The molecular weight excluding hydrogens is 291 g/mol. The Morgan fingerprint density at radius 3 is 2.56 bits per heavy atom. The highest BCUT2D eigenvalue weighted by Gasteiger charge is 2.20. The summed E-state index contributed by atoms with van der Waals surface area (Å²) >= 11 is 13.1. The van der Waals surface area contributed by atoms with Gasteiger partial charge < -0.3 is 4.90 Å². The van der Waals surface area contributed by atoms with E-state index in [1.807, 2.05) is 11.0 Å². The van der Waals surface area contributed by atoms with E-state index >= 15 is 0 Å². The number of hydrogen-bond donors (Lipinski definition) is 0. The predicted molar refractivity (Wildman–Crippen MR) is 76.5 cm³/mol. The lowest BCUT2D eigenvalue weighted by Gasteiger charge is -2.34. The molecule has 0 aromatic carbocycles. The van der Waals surface area contributed by atoms with Gasteiger partial charge in [-0.2, -0.15) is 0 Å². The Hall–Kier alpha value is -0.290. The minimum Gasteiger partial charge on any atom is -0.340 e. The molecule has 0 aliphatic carbocycles. The van der Waals surface area contributed by atoms with E-state index in [4.69, 9.17) is 23.2 Å². The Kier molecular flexibility index (Phi) is 5.30. The van der Waals surface area contributed by atoms with Crippen LogP contribution in [0.1, 0.15) is 11.3 Å². The van der Waals surface area contributed by atoms with E-state index < -0.39 is 0 Å². The van der Waals surface area contributed by atoms with E-state index in [1.165, 1.54) is 4.88 Å². The van der Waals surface area contributed by atoms with Gasteiger partial charge in [0.15, 0.2) is 0 Å². The molecule has 1 aliphatic heterocycles. The largest absolute Gasteiger partial charge is 0.340 e. The van der Waals surface area contributed by atoms with Crippen molar-refractivity contribution in [1.29, 1.82) is 0 Å². The van der Waals surface area contributed by atoms with Crippen LogP contribution in [0.15, 0.2) is 12.1 Å². The lowest BCUT2D eigenvalue weighted by molar-refractivity contribution is -0.132. The molecule has 0 radical (unpaired) electrons. The molecule has 1 aromatic heterocycles. The fourth-order valence-electron chi connectivity index (χ4n) is 2.05. The van der Waals surface area contributed by atoms with E-state index in [1.54, 1.807) is 11.3 Å². The van der Waals surface area contributed by atoms with Crippen molar-refractivity contribution in [2.24, 2.45) is 0 Å². The van der Waals surface area contributed by atoms with Gasteiger partial charge in [0.25, 0.3) is 0 Å². The number of halogens is 2. The molecule has 1 fully saturated rings. The van der Waals surface area contributed by atoms with Gasteiger partial charge in [0.1, 0.15) is 0 Å². The average Bonchev–Trinajstić information content (AvgIpc) is 2.76. The summed E-state index contributed by atoms with van der Waals surface area (Å²) in [5.41, 5.74) is 0. The number of carbonyl (C=O) groups is 1. The summed E-state index contributed by atoms with van der Waals surface area (Å²) in [6.07, 6.45) is 0.447. The molecule has 0 bridgehead atoms. The molecule has 0 saturated carbocycles. The van der Waals surface area contributed by atoms with Crippen LogP contribution in [-0.4, -0.2) is 47.8 Å². The molecular formula is C12H16Cl2N2OS. The molecule has 2 rings (SSSR count). The van der Waals surface area contributed by atoms with Gasteiger partial charge in [-0.05, 0) is 12.1 Å². The maximum absolute atomic E-state index is 11.7. The first-order chi connectivity index (χ1) is 8.69. The van der Waals surface area contributed by atoms with Crippen LogP contribution in [0.25, 0.3) is 0 Å². The van der Waals surface area contributed by atoms with E-state index in [0.717, 1.165) is 37.1 Å². The number of alkyl halides is 1. The first kappa shape index (κ1) is 14.1. The fraction of sp³-hybridized carbons (Fsp3) is 0.583. The van der Waals surface area contributed by atoms with Crippen LogP contribution in [0.5, 0.6) is 0 Å². The zero-order valence-corrected chi connectivity index (χ0v) is 12.4. The molecule has 0 N–H and O–H groups in total. The summed E-state index contributed by atoms with van der Waals surface area (Å²) < 4.78 is 0.834. The molecule has 1 aliphatic rings. The molecule has 3 nitrogen and oxygen atoms in total. The highest BCUT2D eigenvalue weighted by atomic mass is 35.5. The monoisotopic (exact) mass is 306 g/mol. The Labute approximate surface area is 121 Å². The van der Waals surface area contributed by atoms with Crippen molar-refractivity contribution in [1.82, 2.24) is 9.80 Å². The van der Waals surface area contributed by atoms with Crippen LogP contribution in [0.2, 0.25) is 4.34 Å². The second-order valence-electron chi connectivity index (χ2n) is 4.30. The topological polar surface area (TPSA) is 23.6 Å². The molecule has 6 heteroatoms. The third-order valence-corrected chi connectivity index (χ3v) is 4.45. The van der Waals surface area contributed by atoms with Crippen LogP contribution >= 0.6 is 34.5 Å². The number of amides is 1. The highest BCUT2D eigenvalue weighted by Crippen LogP contribution is 2.23. The van der Waals surface area contributed by atoms with E-state index in [2.05, 4.69) is 11.0 Å². The van der Waals surface area contributed by atoms with Crippen LogP contribution in [-0.2, 0) is 11.3 Å². The molecule has 0 spiro atoms. The van der Waals surface area contributed by atoms with E-state index in [9.17, 15) is 4.79 Å². The Balaban J connectivity index is 1.78. The molecule has 1 aromatic rings. The van der Waals surface area contributed by atoms with Crippen molar-refractivity contribution in [2.75, 3.05) is 32.1 Å². The van der Waals surface area contributed by atoms with Gasteiger partial charge in [-0.1, -0.05) is 11.6 Å². The molecule has 1 saturated heterocycles. The van der Waals surface area contributed by atoms with Crippen molar-refractivity contribution >= 4 is 40.4 Å². The summed E-state index contributed by atoms with van der Waals surface area (Å²) in [4.78, 5) is 17.2. The normalized spacial score (nSPS) is 17.1. The number of piperazine rings is 1. The van der Waals surface area contributed by atoms with Gasteiger partial charge in [0.05, 0.1) is 4.34 Å². The van der Waals surface area contributed by atoms with Crippen LogP contribution in [0.4, 0.5) is 0 Å². The van der Waals surface area contributed by atoms with Gasteiger partial charge in [-0.25, -0.2) is 0 Å². The van der Waals surface area contributed by atoms with Gasteiger partial charge >= 0.3 is 0 Å². The summed E-state index contributed by atoms with van der Waals surface area (Å²) in [7, 11) is 0. The standard InChI is InChI=1S/C12H16Cl2N2OS/c13-4-3-12(17)16-7-5-15(6-8-16)9-10-1-2-11(14)18-10/h1-2H,3-9H2. The third-order valence-electron chi connectivity index (χ3n) is 3.04. The SMILES string of the molecule is O=C(CCCl)N1CCN(Cc2ccc(Cl)s2)CC1. The molecule has 18 heavy (non-hydrogen) atoms. The van der Waals surface area contributed by atoms with Crippen molar-refractivity contribution in [2.45, 2.75) is 13.0 Å². The smallest absolute Gasteiger partial charge is 0.223 e. The van der Waals surface area contributed by atoms with Gasteiger partial charge in [-0.15, -0.1) is 22.9 Å². The van der Waals surface area contributed by atoms with Crippen LogP contribution in [0.3, 0.4) is 0 Å². The predicted octanol–water partition coefficient (Wildman–Crippen LogP) is 2.67. The molecule has 0 atom stereocenters. The summed E-state index contributed by atoms with van der Waals surface area (Å²) in [6.45, 7) is 4.37. The minimum atomic E-state index is 0.170. The molecule has 1 amide bonds. The van der Waals surface area contributed by atoms with Gasteiger partial charge in [0, 0.05) is 49.9 Å². The Morgan fingerprint density at radius 1 is 1.28 bits per heavy atom. The Morgan fingerprint density at radius 2 is 2.00 bits per heavy atom. The lowest BCUT2D eigenvalue weighted by atomic mass is 10.2. The van der Waals surface area contributed by atoms with Crippen molar-refractivity contribution in [3.05, 3.63) is 21.3 Å². The number of thiophene rings is 1. The lowest BCUT2D eigenvalue weighted by Crippen LogP contribution is -2.48. The zero-order chi connectivity index (χ0) is 13.0. The summed E-state index contributed by atoms with van der Waals surface area (Å²) in [5, 5.41) is 0. The number of hydrogen-bond acceptors (Lipinski definition) is 3. The summed E-state index contributed by atoms with van der Waals surface area (Å²) in [6, 6.07) is 4.00. The third kappa shape index (κ3) is 3.85. The first-order valence-corrected chi connectivity index (χ1v) is 7.72. The molecule has 0 unspecified atom stereocenters. The minimum absolute atomic E-state index is 0.170. The Bertz CT molecular complexity index is 403. The maximum atomic E-state index is 11.7. The average molecular weight is 307 g/mol. The molecule has 100 valence electrons. The van der Waals surface area contributed by atoms with E-state index in [0.29, 0.717) is 12.3 Å². The van der Waals surface area contributed by atoms with Crippen LogP contribution < -0.4 is 0 Å². The quantitative estimate of drug-likeness (QED) is 0.799. The summed E-state index contributed by atoms with van der Waals surface area (Å²) in [5.74, 6) is 0.580. The second-order valence-corrected chi connectivity index (χ2v) is 6.48. The number of carbonyl (C=O) groups excluding carboxylic acids is 1. The first-order valence-electron chi connectivity index (χ1n) is 5.99. The highest BCUT2D eigenvalue weighted by molar-refractivity contribution is 7.16. The second kappa shape index (κ2) is 6.75. The zero-order valence-electron chi connectivity index (χ0n) is 10.1. The van der Waals surface area contributed by atoms with Crippen LogP contribution in [0, 0.1) is 0 Å². The number of nitrogens with zero attached hydrogens (tertiary/aromatic N) is 2. The molecule has 2 heterocycles. The fourth-order valence-corrected chi connectivity index (χ4v) is 3.34. The van der Waals surface area contributed by atoms with Crippen molar-refractivity contribution in [3.63, 3.8) is 0 Å².